The van der Waals surface area contributed by atoms with E-state index in [-0.39, 0.29) is 0 Å². The van der Waals surface area contributed by atoms with Crippen molar-refractivity contribution in [3.05, 3.63) is 6.61 Å². The number of aliphatic hydroxyl groups is 1. The van der Waals surface area contributed by atoms with Gasteiger partial charge in [0.2, 0.25) is 0 Å². The fourth-order valence-corrected chi connectivity index (χ4v) is 0.256. The van der Waals surface area contributed by atoms with Crippen molar-refractivity contribution in [2.45, 2.75) is 26.2 Å². The molecule has 0 atom stereocenters. The Hall–Kier alpha value is -0.0400. The molecule has 0 amide bonds. The lowest BCUT2D eigenvalue weighted by Crippen LogP contribution is -1.70. The van der Waals surface area contributed by atoms with Crippen molar-refractivity contribution in [2.75, 3.05) is 0 Å². The molecule has 6 heavy (non-hydrogen) atoms. The van der Waals surface area contributed by atoms with Gasteiger partial charge in [0.15, 0.2) is 0 Å². The van der Waals surface area contributed by atoms with Gasteiger partial charge in [-0.1, -0.05) is 19.8 Å². The highest BCUT2D eigenvalue weighted by molar-refractivity contribution is 4.43. The molecule has 0 fully saturated rings. The molecule has 0 bridgehead atoms. The summed E-state index contributed by atoms with van der Waals surface area (Å²) >= 11 is 0. The van der Waals surface area contributed by atoms with E-state index in [1.54, 1.807) is 0 Å². The first kappa shape index (κ1) is 5.96. The van der Waals surface area contributed by atoms with Crippen LogP contribution in [0.15, 0.2) is 0 Å². The summed E-state index contributed by atoms with van der Waals surface area (Å²) in [6, 6.07) is 0. The van der Waals surface area contributed by atoms with E-state index >= 15 is 0 Å². The number of rotatable bonds is 3. The summed E-state index contributed by atoms with van der Waals surface area (Å²) in [6.45, 7) is 4.15. The summed E-state index contributed by atoms with van der Waals surface area (Å²) in [5.41, 5.74) is 0. The van der Waals surface area contributed by atoms with E-state index in [1.165, 1.54) is 0 Å². The van der Waals surface area contributed by atoms with Crippen molar-refractivity contribution in [3.63, 3.8) is 0 Å². The van der Waals surface area contributed by atoms with Gasteiger partial charge >= 0.3 is 0 Å². The monoisotopic (exact) mass is 86.1 g/mol. The number of hydrogen-bond acceptors (Lipinski definition) is 1. The Morgan fingerprint density at radius 3 is 2.50 bits per heavy atom. The standard InChI is InChI=1S/C5H10O/c1-2-3-4-5-6/h6H,2-4H2,1H3. The molecule has 0 spiro atoms. The van der Waals surface area contributed by atoms with Gasteiger partial charge < -0.3 is 5.11 Å². The molecule has 36 valence electrons. The van der Waals surface area contributed by atoms with Crippen molar-refractivity contribution in [1.29, 1.82) is 0 Å². The van der Waals surface area contributed by atoms with Gasteiger partial charge in [-0.15, -0.1) is 0 Å². The highest BCUT2D eigenvalue weighted by atomic mass is 16.2. The summed E-state index contributed by atoms with van der Waals surface area (Å²) in [4.78, 5) is 0. The van der Waals surface area contributed by atoms with Gasteiger partial charge in [-0.05, 0) is 6.42 Å². The van der Waals surface area contributed by atoms with Crippen LogP contribution in [0.3, 0.4) is 0 Å². The van der Waals surface area contributed by atoms with Crippen LogP contribution in [-0.4, -0.2) is 5.11 Å². The van der Waals surface area contributed by atoms with Gasteiger partial charge in [0.25, 0.3) is 0 Å². The largest absolute Gasteiger partial charge is 0.384 e. The number of unbranched alkanes of at least 4 members (excludes halogenated alkanes) is 2. The van der Waals surface area contributed by atoms with Gasteiger partial charge in [-0.3, -0.25) is 0 Å². The normalized spacial score (nSPS) is 9.00. The second kappa shape index (κ2) is 4.96. The first-order valence-corrected chi connectivity index (χ1v) is 2.28. The zero-order valence-corrected chi connectivity index (χ0v) is 4.07. The molecule has 0 unspecified atom stereocenters. The lowest BCUT2D eigenvalue weighted by atomic mass is 10.3. The molecule has 0 aliphatic rings. The molecule has 1 heteroatoms. The van der Waals surface area contributed by atoms with E-state index < -0.39 is 0 Å². The second-order valence-electron chi connectivity index (χ2n) is 1.26. The SMILES string of the molecule is CCCC[C]O. The van der Waals surface area contributed by atoms with E-state index in [9.17, 15) is 0 Å². The molecular weight excluding hydrogens is 76.1 g/mol. The molecule has 0 aliphatic carbocycles. The molecule has 0 rings (SSSR count). The molecule has 0 aromatic heterocycles. The minimum atomic E-state index is 0.719. The van der Waals surface area contributed by atoms with Crippen LogP contribution in [0, 0.1) is 6.61 Å². The highest BCUT2D eigenvalue weighted by Gasteiger charge is 1.78. The number of hydrogen-bond donors (Lipinski definition) is 1. The van der Waals surface area contributed by atoms with Crippen LogP contribution in [-0.2, 0) is 0 Å². The van der Waals surface area contributed by atoms with Gasteiger partial charge in [-0.25, -0.2) is 0 Å². The maximum absolute atomic E-state index is 7.95. The summed E-state index contributed by atoms with van der Waals surface area (Å²) < 4.78 is 0. The topological polar surface area (TPSA) is 20.2 Å². The zero-order chi connectivity index (χ0) is 4.83. The van der Waals surface area contributed by atoms with Crippen molar-refractivity contribution < 1.29 is 5.11 Å². The maximum Gasteiger partial charge on any atom is 0.128 e. The third-order valence-corrected chi connectivity index (χ3v) is 0.642. The van der Waals surface area contributed by atoms with Crippen LogP contribution >= 0.6 is 0 Å². The molecule has 0 aliphatic heterocycles. The Bertz CT molecular complexity index is 15.9. The molecule has 0 heterocycles. The highest BCUT2D eigenvalue weighted by Crippen LogP contribution is 1.92. The van der Waals surface area contributed by atoms with Crippen LogP contribution < -0.4 is 0 Å². The smallest absolute Gasteiger partial charge is 0.128 e. The molecule has 0 aromatic carbocycles. The molecular formula is C5H10O. The first-order valence-electron chi connectivity index (χ1n) is 2.28. The third kappa shape index (κ3) is 3.96. The minimum absolute atomic E-state index is 0.719. The summed E-state index contributed by atoms with van der Waals surface area (Å²) in [5, 5.41) is 7.95. The van der Waals surface area contributed by atoms with E-state index in [4.69, 9.17) is 5.11 Å². The fourth-order valence-electron chi connectivity index (χ4n) is 0.256. The Morgan fingerprint density at radius 1 is 1.67 bits per heavy atom. The Labute approximate surface area is 39.0 Å². The third-order valence-electron chi connectivity index (χ3n) is 0.642. The molecule has 0 aromatic rings. The van der Waals surface area contributed by atoms with Crippen LogP contribution in [0.1, 0.15) is 26.2 Å². The Kier molecular flexibility index (Phi) is 4.93. The van der Waals surface area contributed by atoms with Crippen molar-refractivity contribution in [2.24, 2.45) is 0 Å². The van der Waals surface area contributed by atoms with Gasteiger partial charge in [-0.2, -0.15) is 0 Å². The minimum Gasteiger partial charge on any atom is -0.384 e. The zero-order valence-electron chi connectivity index (χ0n) is 4.07. The van der Waals surface area contributed by atoms with Gasteiger partial charge in [0.1, 0.15) is 6.61 Å². The molecule has 0 saturated heterocycles. The van der Waals surface area contributed by atoms with Crippen molar-refractivity contribution in [3.8, 4) is 0 Å². The molecule has 1 nitrogen and oxygen atoms in total. The second-order valence-corrected chi connectivity index (χ2v) is 1.26. The van der Waals surface area contributed by atoms with Crippen LogP contribution in [0.5, 0.6) is 0 Å². The quantitative estimate of drug-likeness (QED) is 0.517. The van der Waals surface area contributed by atoms with Gasteiger partial charge in [0.05, 0.1) is 0 Å². The van der Waals surface area contributed by atoms with E-state index in [0.29, 0.717) is 0 Å². The first-order chi connectivity index (χ1) is 2.91. The van der Waals surface area contributed by atoms with Gasteiger partial charge in [0, 0.05) is 0 Å². The average Bonchev–Trinajstić information content (AvgIpc) is 1.61. The lowest BCUT2D eigenvalue weighted by Gasteiger charge is -1.84. The van der Waals surface area contributed by atoms with Crippen LogP contribution in [0.25, 0.3) is 0 Å². The summed E-state index contributed by atoms with van der Waals surface area (Å²) in [7, 11) is 0. The molecule has 0 saturated carbocycles. The predicted octanol–water partition coefficient (Wildman–Crippen LogP) is 1.59. The molecule has 2 radical (unpaired) electrons. The summed E-state index contributed by atoms with van der Waals surface area (Å²) in [5.74, 6) is 0. The van der Waals surface area contributed by atoms with E-state index in [1.807, 2.05) is 0 Å². The van der Waals surface area contributed by atoms with E-state index in [0.717, 1.165) is 19.3 Å². The van der Waals surface area contributed by atoms with E-state index in [2.05, 4.69) is 13.5 Å². The van der Waals surface area contributed by atoms with Crippen molar-refractivity contribution >= 4 is 0 Å². The predicted molar refractivity (Wildman–Crippen MR) is 24.7 cm³/mol. The molecule has 1 N–H and O–H groups in total. The average molecular weight is 86.1 g/mol. The number of aliphatic hydroxyl groups excluding tert-OH is 1. The maximum atomic E-state index is 7.95. The Morgan fingerprint density at radius 2 is 2.33 bits per heavy atom. The summed E-state index contributed by atoms with van der Waals surface area (Å²) in [6.07, 6.45) is 2.90. The lowest BCUT2D eigenvalue weighted by molar-refractivity contribution is 0.369. The van der Waals surface area contributed by atoms with Crippen LogP contribution in [0.4, 0.5) is 0 Å². The fraction of sp³-hybridized carbons (Fsp3) is 0.800. The van der Waals surface area contributed by atoms with Crippen LogP contribution in [0.2, 0.25) is 0 Å². The van der Waals surface area contributed by atoms with Crippen molar-refractivity contribution in [1.82, 2.24) is 0 Å². The Balaban J connectivity index is 2.34.